The summed E-state index contributed by atoms with van der Waals surface area (Å²) in [6, 6.07) is 14.2. The van der Waals surface area contributed by atoms with Gasteiger partial charge in [0.15, 0.2) is 9.84 Å². The fourth-order valence-corrected chi connectivity index (χ4v) is 4.56. The Hall–Kier alpha value is -2.14. The molecule has 0 N–H and O–H groups in total. The number of ether oxygens (including phenoxy) is 1. The predicted octanol–water partition coefficient (Wildman–Crippen LogP) is 2.94. The van der Waals surface area contributed by atoms with Gasteiger partial charge in [-0.15, -0.1) is 0 Å². The predicted molar refractivity (Wildman–Crippen MR) is 91.3 cm³/mol. The number of carbonyl (C=O) groups excluding carboxylic acids is 1. The summed E-state index contributed by atoms with van der Waals surface area (Å²) >= 11 is 0. The summed E-state index contributed by atoms with van der Waals surface area (Å²) < 4.78 is 29.9. The highest BCUT2D eigenvalue weighted by Gasteiger charge is 2.26. The molecule has 126 valence electrons. The third-order valence-corrected chi connectivity index (χ3v) is 6.20. The highest BCUT2D eigenvalue weighted by Crippen LogP contribution is 2.28. The number of carbonyl (C=O) groups is 1. The Balaban J connectivity index is 1.83. The maximum atomic E-state index is 12.5. The average molecular weight is 344 g/mol. The number of esters is 1. The number of rotatable bonds is 4. The third kappa shape index (κ3) is 3.51. The van der Waals surface area contributed by atoms with Crippen LogP contribution >= 0.6 is 0 Å². The van der Waals surface area contributed by atoms with Crippen molar-refractivity contribution in [2.45, 2.75) is 29.9 Å². The first-order chi connectivity index (χ1) is 11.5. The summed E-state index contributed by atoms with van der Waals surface area (Å²) in [6.07, 6.45) is 2.21. The van der Waals surface area contributed by atoms with Gasteiger partial charge in [-0.3, -0.25) is 4.79 Å². The Morgan fingerprint density at radius 3 is 2.58 bits per heavy atom. The van der Waals surface area contributed by atoms with Crippen LogP contribution < -0.4 is 0 Å². The van der Waals surface area contributed by atoms with Crippen LogP contribution in [0.3, 0.4) is 0 Å². The molecule has 2 aromatic rings. The molecule has 1 unspecified atom stereocenters. The molecule has 4 nitrogen and oxygen atoms in total. The largest absolute Gasteiger partial charge is 0.469 e. The van der Waals surface area contributed by atoms with Gasteiger partial charge in [-0.05, 0) is 48.1 Å². The number of aryl methyl sites for hydroxylation is 1. The second kappa shape index (κ2) is 6.77. The summed E-state index contributed by atoms with van der Waals surface area (Å²) in [6.45, 7) is 0. The monoisotopic (exact) mass is 344 g/mol. The van der Waals surface area contributed by atoms with Gasteiger partial charge in [0.2, 0.25) is 0 Å². The van der Waals surface area contributed by atoms with E-state index in [1.807, 2.05) is 18.2 Å². The Morgan fingerprint density at radius 2 is 1.88 bits per heavy atom. The normalized spacial score (nSPS) is 17.1. The van der Waals surface area contributed by atoms with Crippen molar-refractivity contribution in [3.05, 3.63) is 65.2 Å². The fourth-order valence-electron chi connectivity index (χ4n) is 3.20. The lowest BCUT2D eigenvalue weighted by Gasteiger charge is -2.23. The van der Waals surface area contributed by atoms with Crippen LogP contribution in [0.25, 0.3) is 0 Å². The number of fused-ring (bicyclic) bond motifs is 1. The van der Waals surface area contributed by atoms with Gasteiger partial charge in [0.1, 0.15) is 0 Å². The van der Waals surface area contributed by atoms with Gasteiger partial charge in [-0.1, -0.05) is 36.4 Å². The van der Waals surface area contributed by atoms with E-state index < -0.39 is 9.84 Å². The van der Waals surface area contributed by atoms with Gasteiger partial charge in [-0.2, -0.15) is 0 Å². The number of sulfone groups is 1. The first-order valence-corrected chi connectivity index (χ1v) is 9.61. The van der Waals surface area contributed by atoms with E-state index in [0.717, 1.165) is 24.0 Å². The zero-order chi connectivity index (χ0) is 17.2. The minimum Gasteiger partial charge on any atom is -0.469 e. The standard InChI is InChI=1S/C19H20O4S/c1-23-19(20)16-10-9-15-8-7-14(11-17(15)12-16)13-24(21,22)18-5-3-2-4-6-18/h2-8,11,16H,9-10,12-13H2,1H3. The molecular formula is C19H20O4S. The van der Waals surface area contributed by atoms with E-state index in [-0.39, 0.29) is 17.6 Å². The van der Waals surface area contributed by atoms with Crippen LogP contribution in [0.1, 0.15) is 23.1 Å². The summed E-state index contributed by atoms with van der Waals surface area (Å²) in [4.78, 5) is 12.1. The molecule has 0 fully saturated rings. The van der Waals surface area contributed by atoms with Crippen molar-refractivity contribution in [1.29, 1.82) is 0 Å². The number of hydrogen-bond donors (Lipinski definition) is 0. The molecule has 0 heterocycles. The molecule has 1 aliphatic rings. The van der Waals surface area contributed by atoms with Gasteiger partial charge < -0.3 is 4.74 Å². The Morgan fingerprint density at radius 1 is 1.12 bits per heavy atom. The molecular weight excluding hydrogens is 324 g/mol. The van der Waals surface area contributed by atoms with Gasteiger partial charge in [0.05, 0.1) is 23.7 Å². The smallest absolute Gasteiger partial charge is 0.309 e. The van der Waals surface area contributed by atoms with Crippen LogP contribution in [0.2, 0.25) is 0 Å². The molecule has 1 atom stereocenters. The van der Waals surface area contributed by atoms with Crippen LogP contribution in [0.4, 0.5) is 0 Å². The summed E-state index contributed by atoms with van der Waals surface area (Å²) in [5.74, 6) is -0.362. The summed E-state index contributed by atoms with van der Waals surface area (Å²) in [7, 11) is -1.96. The van der Waals surface area contributed by atoms with Crippen molar-refractivity contribution >= 4 is 15.8 Å². The highest BCUT2D eigenvalue weighted by molar-refractivity contribution is 7.90. The van der Waals surface area contributed by atoms with Crippen LogP contribution in [0.15, 0.2) is 53.4 Å². The summed E-state index contributed by atoms with van der Waals surface area (Å²) in [5.41, 5.74) is 3.00. The molecule has 0 aliphatic heterocycles. The molecule has 0 aromatic heterocycles. The van der Waals surface area contributed by atoms with E-state index in [4.69, 9.17) is 4.74 Å². The second-order valence-corrected chi connectivity index (χ2v) is 8.13. The molecule has 5 heteroatoms. The number of hydrogen-bond acceptors (Lipinski definition) is 4. The van der Waals surface area contributed by atoms with E-state index >= 15 is 0 Å². The van der Waals surface area contributed by atoms with Crippen LogP contribution in [-0.2, 0) is 38.0 Å². The number of methoxy groups -OCH3 is 1. The van der Waals surface area contributed by atoms with Gasteiger partial charge in [-0.25, -0.2) is 8.42 Å². The molecule has 0 saturated carbocycles. The molecule has 0 radical (unpaired) electrons. The highest BCUT2D eigenvalue weighted by atomic mass is 32.2. The quantitative estimate of drug-likeness (QED) is 0.800. The lowest BCUT2D eigenvalue weighted by molar-refractivity contribution is -0.145. The summed E-state index contributed by atoms with van der Waals surface area (Å²) in [5, 5.41) is 0. The van der Waals surface area contributed by atoms with E-state index in [1.165, 1.54) is 12.7 Å². The first-order valence-electron chi connectivity index (χ1n) is 7.96. The number of benzene rings is 2. The van der Waals surface area contributed by atoms with Gasteiger partial charge in [0.25, 0.3) is 0 Å². The minimum atomic E-state index is -3.37. The molecule has 0 spiro atoms. The van der Waals surface area contributed by atoms with Crippen LogP contribution in [-0.4, -0.2) is 21.5 Å². The zero-order valence-electron chi connectivity index (χ0n) is 13.6. The van der Waals surface area contributed by atoms with E-state index in [2.05, 4.69) is 0 Å². The fraction of sp³-hybridized carbons (Fsp3) is 0.316. The molecule has 1 aliphatic carbocycles. The Kier molecular flexibility index (Phi) is 4.71. The molecule has 24 heavy (non-hydrogen) atoms. The maximum Gasteiger partial charge on any atom is 0.309 e. The average Bonchev–Trinajstić information content (AvgIpc) is 2.61. The van der Waals surface area contributed by atoms with Gasteiger partial charge >= 0.3 is 5.97 Å². The van der Waals surface area contributed by atoms with Gasteiger partial charge in [0, 0.05) is 0 Å². The lowest BCUT2D eigenvalue weighted by Crippen LogP contribution is -2.23. The van der Waals surface area contributed by atoms with E-state index in [9.17, 15) is 13.2 Å². The second-order valence-electron chi connectivity index (χ2n) is 6.14. The van der Waals surface area contributed by atoms with Crippen molar-refractivity contribution in [3.8, 4) is 0 Å². The molecule has 2 aromatic carbocycles. The Bertz CT molecular complexity index is 841. The van der Waals surface area contributed by atoms with E-state index in [1.54, 1.807) is 30.3 Å². The molecule has 0 bridgehead atoms. The van der Waals surface area contributed by atoms with Crippen molar-refractivity contribution < 1.29 is 17.9 Å². The van der Waals surface area contributed by atoms with Crippen LogP contribution in [0.5, 0.6) is 0 Å². The first kappa shape index (κ1) is 16.7. The van der Waals surface area contributed by atoms with Crippen LogP contribution in [0, 0.1) is 5.92 Å². The molecule has 0 saturated heterocycles. The SMILES string of the molecule is COC(=O)C1CCc2ccc(CS(=O)(=O)c3ccccc3)cc2C1. The topological polar surface area (TPSA) is 60.4 Å². The minimum absolute atomic E-state index is 0.0345. The van der Waals surface area contributed by atoms with E-state index in [0.29, 0.717) is 11.3 Å². The van der Waals surface area contributed by atoms with Crippen molar-refractivity contribution in [3.63, 3.8) is 0 Å². The molecule has 3 rings (SSSR count). The maximum absolute atomic E-state index is 12.5. The lowest BCUT2D eigenvalue weighted by atomic mass is 9.83. The zero-order valence-corrected chi connectivity index (χ0v) is 14.4. The third-order valence-electron chi connectivity index (χ3n) is 4.49. The Labute approximate surface area is 142 Å². The van der Waals surface area contributed by atoms with Crippen molar-refractivity contribution in [1.82, 2.24) is 0 Å². The molecule has 0 amide bonds. The van der Waals surface area contributed by atoms with Crippen molar-refractivity contribution in [2.24, 2.45) is 5.92 Å². The van der Waals surface area contributed by atoms with Crippen molar-refractivity contribution in [2.75, 3.05) is 7.11 Å².